The summed E-state index contributed by atoms with van der Waals surface area (Å²) in [5.74, 6) is 1.24. The number of amides is 1. The van der Waals surface area contributed by atoms with Gasteiger partial charge in [0.15, 0.2) is 0 Å². The van der Waals surface area contributed by atoms with Gasteiger partial charge in [-0.05, 0) is 12.1 Å². The first kappa shape index (κ1) is 18.7. The molecule has 134 valence electrons. The molecule has 9 nitrogen and oxygen atoms in total. The van der Waals surface area contributed by atoms with Crippen molar-refractivity contribution in [1.29, 1.82) is 0 Å². The van der Waals surface area contributed by atoms with Crippen LogP contribution in [0.3, 0.4) is 0 Å². The summed E-state index contributed by atoms with van der Waals surface area (Å²) in [7, 11) is 3.03. The SMILES string of the molecule is COCNc1nc(NCCSC(=O)Nc2ccccc2)nc(OC)n1. The fraction of sp³-hybridized carbons (Fsp3) is 0.333. The van der Waals surface area contributed by atoms with E-state index in [2.05, 4.69) is 30.9 Å². The number of rotatable bonds is 9. The number of thioether (sulfide) groups is 1. The highest BCUT2D eigenvalue weighted by atomic mass is 32.2. The third kappa shape index (κ3) is 6.81. The Bertz CT molecular complexity index is 674. The number of anilines is 3. The van der Waals surface area contributed by atoms with Gasteiger partial charge in [0.25, 0.3) is 5.24 Å². The minimum atomic E-state index is -0.122. The molecule has 3 N–H and O–H groups in total. The minimum Gasteiger partial charge on any atom is -0.467 e. The Morgan fingerprint density at radius 2 is 1.80 bits per heavy atom. The van der Waals surface area contributed by atoms with Crippen LogP contribution in [0, 0.1) is 0 Å². The molecular formula is C15H20N6O3S. The largest absolute Gasteiger partial charge is 0.467 e. The molecule has 0 unspecified atom stereocenters. The standard InChI is InChI=1S/C15H20N6O3S/c1-23-10-17-13-19-12(20-14(21-13)24-2)16-8-9-25-15(22)18-11-6-4-3-5-7-11/h3-7H,8-10H2,1-2H3,(H,18,22)(H2,16,17,19,20,21). The van der Waals surface area contributed by atoms with Crippen molar-refractivity contribution < 1.29 is 14.3 Å². The van der Waals surface area contributed by atoms with E-state index in [1.165, 1.54) is 18.9 Å². The molecule has 25 heavy (non-hydrogen) atoms. The van der Waals surface area contributed by atoms with Crippen molar-refractivity contribution in [1.82, 2.24) is 15.0 Å². The number of carbonyl (C=O) groups is 1. The van der Waals surface area contributed by atoms with Crippen molar-refractivity contribution in [3.05, 3.63) is 30.3 Å². The van der Waals surface area contributed by atoms with Crippen LogP contribution in [-0.4, -0.2) is 53.4 Å². The van der Waals surface area contributed by atoms with E-state index in [1.807, 2.05) is 30.3 Å². The molecule has 1 aromatic heterocycles. The lowest BCUT2D eigenvalue weighted by molar-refractivity contribution is 0.220. The number of hydrogen-bond donors (Lipinski definition) is 3. The maximum atomic E-state index is 11.8. The van der Waals surface area contributed by atoms with E-state index in [1.54, 1.807) is 7.11 Å². The van der Waals surface area contributed by atoms with Gasteiger partial charge in [-0.1, -0.05) is 30.0 Å². The normalized spacial score (nSPS) is 10.2. The van der Waals surface area contributed by atoms with Crippen LogP contribution in [0.2, 0.25) is 0 Å². The summed E-state index contributed by atoms with van der Waals surface area (Å²) in [4.78, 5) is 24.2. The number of methoxy groups -OCH3 is 2. The first-order valence-electron chi connectivity index (χ1n) is 7.47. The maximum absolute atomic E-state index is 11.8. The summed E-state index contributed by atoms with van der Waals surface area (Å²) < 4.78 is 9.95. The van der Waals surface area contributed by atoms with Gasteiger partial charge in [0.2, 0.25) is 11.9 Å². The summed E-state index contributed by atoms with van der Waals surface area (Å²) in [6.07, 6.45) is 0. The van der Waals surface area contributed by atoms with Crippen LogP contribution in [0.1, 0.15) is 0 Å². The maximum Gasteiger partial charge on any atom is 0.322 e. The zero-order valence-corrected chi connectivity index (χ0v) is 14.8. The van der Waals surface area contributed by atoms with Crippen molar-refractivity contribution in [2.45, 2.75) is 0 Å². The summed E-state index contributed by atoms with van der Waals surface area (Å²) in [5, 5.41) is 8.58. The van der Waals surface area contributed by atoms with Crippen molar-refractivity contribution in [2.24, 2.45) is 0 Å². The van der Waals surface area contributed by atoms with Crippen LogP contribution in [-0.2, 0) is 4.74 Å². The van der Waals surface area contributed by atoms with Crippen LogP contribution in [0.4, 0.5) is 22.4 Å². The van der Waals surface area contributed by atoms with Gasteiger partial charge in [-0.15, -0.1) is 0 Å². The van der Waals surface area contributed by atoms with E-state index in [4.69, 9.17) is 9.47 Å². The first-order valence-corrected chi connectivity index (χ1v) is 8.45. The van der Waals surface area contributed by atoms with E-state index >= 15 is 0 Å². The summed E-state index contributed by atoms with van der Waals surface area (Å²) >= 11 is 1.17. The third-order valence-electron chi connectivity index (χ3n) is 2.81. The molecule has 0 bridgehead atoms. The second-order valence-corrected chi connectivity index (χ2v) is 5.70. The Balaban J connectivity index is 1.77. The number of benzene rings is 1. The fourth-order valence-electron chi connectivity index (χ4n) is 1.72. The summed E-state index contributed by atoms with van der Waals surface area (Å²) in [6, 6.07) is 9.48. The predicted octanol–water partition coefficient (Wildman–Crippen LogP) is 2.27. The van der Waals surface area contributed by atoms with Crippen molar-refractivity contribution >= 4 is 34.6 Å². The van der Waals surface area contributed by atoms with Gasteiger partial charge in [0.05, 0.1) is 7.11 Å². The van der Waals surface area contributed by atoms with E-state index in [0.29, 0.717) is 24.2 Å². The highest BCUT2D eigenvalue weighted by molar-refractivity contribution is 8.13. The van der Waals surface area contributed by atoms with Crippen LogP contribution >= 0.6 is 11.8 Å². The van der Waals surface area contributed by atoms with E-state index in [9.17, 15) is 4.79 Å². The van der Waals surface area contributed by atoms with E-state index in [0.717, 1.165) is 5.69 Å². The number of nitrogens with one attached hydrogen (secondary N) is 3. The Labute approximate surface area is 149 Å². The molecule has 0 spiro atoms. The lowest BCUT2D eigenvalue weighted by Crippen LogP contribution is -2.14. The minimum absolute atomic E-state index is 0.122. The second kappa shape index (κ2) is 10.3. The van der Waals surface area contributed by atoms with Crippen LogP contribution in [0.25, 0.3) is 0 Å². The zero-order valence-electron chi connectivity index (χ0n) is 14.0. The topological polar surface area (TPSA) is 110 Å². The van der Waals surface area contributed by atoms with Crippen LogP contribution < -0.4 is 20.7 Å². The van der Waals surface area contributed by atoms with Gasteiger partial charge in [-0.3, -0.25) is 4.79 Å². The zero-order chi connectivity index (χ0) is 17.9. The second-order valence-electron chi connectivity index (χ2n) is 4.63. The predicted molar refractivity (Wildman–Crippen MR) is 98.3 cm³/mol. The molecule has 1 amide bonds. The Hall–Kier alpha value is -2.59. The Kier molecular flexibility index (Phi) is 7.73. The third-order valence-corrected chi connectivity index (χ3v) is 3.58. The number of aromatic nitrogens is 3. The Morgan fingerprint density at radius 1 is 1.08 bits per heavy atom. The molecule has 1 heterocycles. The van der Waals surface area contributed by atoms with E-state index in [-0.39, 0.29) is 18.0 Å². The number of hydrogen-bond acceptors (Lipinski definition) is 9. The molecular weight excluding hydrogens is 344 g/mol. The van der Waals surface area contributed by atoms with Gasteiger partial charge in [0, 0.05) is 25.1 Å². The molecule has 0 aliphatic carbocycles. The van der Waals surface area contributed by atoms with Crippen LogP contribution in [0.15, 0.2) is 30.3 Å². The number of carbonyl (C=O) groups excluding carboxylic acids is 1. The molecule has 10 heteroatoms. The van der Waals surface area contributed by atoms with Crippen molar-refractivity contribution in [2.75, 3.05) is 49.2 Å². The average molecular weight is 364 g/mol. The molecule has 0 aliphatic heterocycles. The molecule has 0 aliphatic rings. The van der Waals surface area contributed by atoms with Gasteiger partial charge in [-0.2, -0.15) is 15.0 Å². The molecule has 0 radical (unpaired) electrons. The quantitative estimate of drug-likeness (QED) is 0.456. The highest BCUT2D eigenvalue weighted by Gasteiger charge is 2.07. The van der Waals surface area contributed by atoms with Crippen molar-refractivity contribution in [3.8, 4) is 6.01 Å². The van der Waals surface area contributed by atoms with Crippen LogP contribution in [0.5, 0.6) is 6.01 Å². The average Bonchev–Trinajstić information content (AvgIpc) is 2.64. The molecule has 0 saturated carbocycles. The Morgan fingerprint density at radius 3 is 2.48 bits per heavy atom. The smallest absolute Gasteiger partial charge is 0.322 e. The van der Waals surface area contributed by atoms with Gasteiger partial charge in [0.1, 0.15) is 6.73 Å². The molecule has 0 saturated heterocycles. The van der Waals surface area contributed by atoms with Gasteiger partial charge in [-0.25, -0.2) is 0 Å². The van der Waals surface area contributed by atoms with Gasteiger partial charge < -0.3 is 25.4 Å². The molecule has 2 aromatic rings. The first-order chi connectivity index (χ1) is 12.2. The lowest BCUT2D eigenvalue weighted by atomic mass is 10.3. The number of ether oxygens (including phenoxy) is 2. The number of para-hydroxylation sites is 1. The fourth-order valence-corrected chi connectivity index (χ4v) is 2.30. The van der Waals surface area contributed by atoms with Crippen molar-refractivity contribution in [3.63, 3.8) is 0 Å². The van der Waals surface area contributed by atoms with Gasteiger partial charge >= 0.3 is 6.01 Å². The monoisotopic (exact) mass is 364 g/mol. The molecule has 2 rings (SSSR count). The lowest BCUT2D eigenvalue weighted by Gasteiger charge is -2.09. The highest BCUT2D eigenvalue weighted by Crippen LogP contribution is 2.12. The van der Waals surface area contributed by atoms with E-state index < -0.39 is 0 Å². The number of nitrogens with zero attached hydrogens (tertiary/aromatic N) is 3. The molecule has 0 atom stereocenters. The summed E-state index contributed by atoms with van der Waals surface area (Å²) in [5.41, 5.74) is 0.768. The molecule has 0 fully saturated rings. The summed E-state index contributed by atoms with van der Waals surface area (Å²) in [6.45, 7) is 0.770. The molecule has 1 aromatic carbocycles.